The number of hydrogen-bond acceptors (Lipinski definition) is 5. The van der Waals surface area contributed by atoms with E-state index in [0.717, 1.165) is 5.69 Å². The smallest absolute Gasteiger partial charge is 0.338 e. The molecule has 0 aliphatic rings. The molecule has 0 aliphatic heterocycles. The molecule has 1 heterocycles. The molecule has 21 heavy (non-hydrogen) atoms. The van der Waals surface area contributed by atoms with Gasteiger partial charge in [0.25, 0.3) is 0 Å². The Bertz CT molecular complexity index is 657. The van der Waals surface area contributed by atoms with E-state index in [-0.39, 0.29) is 5.97 Å². The zero-order chi connectivity index (χ0) is 15.1. The molecular weight excluding hydrogens is 268 g/mol. The maximum absolute atomic E-state index is 11.6. The number of allylic oxidation sites excluding steroid dienone is 3. The third-order valence-electron chi connectivity index (χ3n) is 2.59. The van der Waals surface area contributed by atoms with Crippen molar-refractivity contribution in [2.24, 2.45) is 0 Å². The van der Waals surface area contributed by atoms with E-state index < -0.39 is 0 Å². The van der Waals surface area contributed by atoms with Crippen LogP contribution in [0, 0.1) is 0 Å². The van der Waals surface area contributed by atoms with Crippen molar-refractivity contribution < 1.29 is 9.53 Å². The second-order valence-corrected chi connectivity index (χ2v) is 4.09. The summed E-state index contributed by atoms with van der Waals surface area (Å²) < 4.78 is 4.93. The van der Waals surface area contributed by atoms with Gasteiger partial charge in [0.2, 0.25) is 0 Å². The summed E-state index contributed by atoms with van der Waals surface area (Å²) in [7, 11) is 0. The molecule has 0 unspecified atom stereocenters. The van der Waals surface area contributed by atoms with Crippen LogP contribution >= 0.6 is 0 Å². The van der Waals surface area contributed by atoms with Crippen LogP contribution in [0.3, 0.4) is 0 Å². The van der Waals surface area contributed by atoms with E-state index in [2.05, 4.69) is 15.4 Å². The lowest BCUT2D eigenvalue weighted by atomic mass is 10.2. The largest absolute Gasteiger partial charge is 0.462 e. The summed E-state index contributed by atoms with van der Waals surface area (Å²) in [6.45, 7) is 4.06. The Morgan fingerprint density at radius 3 is 2.71 bits per heavy atom. The van der Waals surface area contributed by atoms with Crippen LogP contribution in [0.2, 0.25) is 0 Å². The average Bonchev–Trinajstić information content (AvgIpc) is 2.97. The SMILES string of the molecule is C/C=C/C=C/c1nnn(-c2ccc(C(=O)OCC)cc2)n1. The molecule has 0 radical (unpaired) electrons. The van der Waals surface area contributed by atoms with Gasteiger partial charge < -0.3 is 4.74 Å². The first-order valence-electron chi connectivity index (χ1n) is 6.61. The van der Waals surface area contributed by atoms with Crippen molar-refractivity contribution >= 4 is 12.0 Å². The minimum atomic E-state index is -0.342. The number of nitrogens with zero attached hydrogens (tertiary/aromatic N) is 4. The zero-order valence-corrected chi connectivity index (χ0v) is 11.9. The Morgan fingerprint density at radius 2 is 2.05 bits per heavy atom. The first-order chi connectivity index (χ1) is 10.2. The predicted molar refractivity (Wildman–Crippen MR) is 79.0 cm³/mol. The first-order valence-corrected chi connectivity index (χ1v) is 6.61. The van der Waals surface area contributed by atoms with Gasteiger partial charge in [-0.15, -0.1) is 15.0 Å². The third kappa shape index (κ3) is 3.85. The molecule has 1 aromatic heterocycles. The highest BCUT2D eigenvalue weighted by molar-refractivity contribution is 5.89. The molecule has 6 heteroatoms. The van der Waals surface area contributed by atoms with Gasteiger partial charge >= 0.3 is 5.97 Å². The minimum absolute atomic E-state index is 0.342. The van der Waals surface area contributed by atoms with Gasteiger partial charge in [0.05, 0.1) is 17.9 Å². The highest BCUT2D eigenvalue weighted by atomic mass is 16.5. The van der Waals surface area contributed by atoms with Gasteiger partial charge in [-0.2, -0.15) is 0 Å². The lowest BCUT2D eigenvalue weighted by Gasteiger charge is -2.02. The van der Waals surface area contributed by atoms with E-state index in [1.807, 2.05) is 25.2 Å². The molecule has 1 aromatic carbocycles. The maximum Gasteiger partial charge on any atom is 0.338 e. The number of ether oxygens (including phenoxy) is 1. The summed E-state index contributed by atoms with van der Waals surface area (Å²) in [5, 5.41) is 12.1. The number of benzene rings is 1. The monoisotopic (exact) mass is 284 g/mol. The van der Waals surface area contributed by atoms with E-state index in [0.29, 0.717) is 18.0 Å². The Balaban J connectivity index is 2.14. The van der Waals surface area contributed by atoms with Crippen molar-refractivity contribution in [2.45, 2.75) is 13.8 Å². The highest BCUT2D eigenvalue weighted by Gasteiger charge is 2.07. The number of tetrazole rings is 1. The molecule has 2 aromatic rings. The van der Waals surface area contributed by atoms with Crippen molar-refractivity contribution in [1.82, 2.24) is 20.2 Å². The van der Waals surface area contributed by atoms with Gasteiger partial charge in [0.15, 0.2) is 5.82 Å². The Labute approximate surface area is 122 Å². The normalized spacial score (nSPS) is 11.3. The first kappa shape index (κ1) is 14.6. The summed E-state index contributed by atoms with van der Waals surface area (Å²) in [6.07, 6.45) is 7.39. The molecule has 0 atom stereocenters. The minimum Gasteiger partial charge on any atom is -0.462 e. The van der Waals surface area contributed by atoms with Gasteiger partial charge in [0, 0.05) is 0 Å². The zero-order valence-electron chi connectivity index (χ0n) is 11.9. The van der Waals surface area contributed by atoms with Crippen LogP contribution < -0.4 is 0 Å². The molecule has 2 rings (SSSR count). The second kappa shape index (κ2) is 7.14. The van der Waals surface area contributed by atoms with Gasteiger partial charge in [-0.05, 0) is 49.4 Å². The van der Waals surface area contributed by atoms with Crippen LogP contribution in [0.1, 0.15) is 30.0 Å². The summed E-state index contributed by atoms with van der Waals surface area (Å²) in [5.74, 6) is 0.174. The van der Waals surface area contributed by atoms with Crippen molar-refractivity contribution in [3.63, 3.8) is 0 Å². The van der Waals surface area contributed by atoms with Crippen LogP contribution in [-0.2, 0) is 4.74 Å². The quantitative estimate of drug-likeness (QED) is 0.623. The number of hydrogen-bond donors (Lipinski definition) is 0. The Kier molecular flexibility index (Phi) is 4.98. The predicted octanol–water partition coefficient (Wildman–Crippen LogP) is 2.43. The summed E-state index contributed by atoms with van der Waals surface area (Å²) in [5.41, 5.74) is 1.22. The molecule has 108 valence electrons. The standard InChI is InChI=1S/C15H16N4O2/c1-3-5-6-7-14-16-18-19(17-14)13-10-8-12(9-11-13)15(20)21-4-2/h3,5-11H,4H2,1-2H3/b5-3+,7-6+. The van der Waals surface area contributed by atoms with Crippen LogP contribution in [0.5, 0.6) is 0 Å². The van der Waals surface area contributed by atoms with Gasteiger partial charge in [0.1, 0.15) is 0 Å². The average molecular weight is 284 g/mol. The molecular formula is C15H16N4O2. The maximum atomic E-state index is 11.6. The number of esters is 1. The highest BCUT2D eigenvalue weighted by Crippen LogP contribution is 2.09. The fourth-order valence-corrected chi connectivity index (χ4v) is 1.60. The third-order valence-corrected chi connectivity index (χ3v) is 2.59. The van der Waals surface area contributed by atoms with Crippen molar-refractivity contribution in [1.29, 1.82) is 0 Å². The van der Waals surface area contributed by atoms with Gasteiger partial charge in [-0.3, -0.25) is 0 Å². The summed E-state index contributed by atoms with van der Waals surface area (Å²) >= 11 is 0. The Morgan fingerprint density at radius 1 is 1.29 bits per heavy atom. The molecule has 0 saturated heterocycles. The van der Waals surface area contributed by atoms with Crippen LogP contribution in [0.15, 0.2) is 42.5 Å². The molecule has 0 saturated carbocycles. The second-order valence-electron chi connectivity index (χ2n) is 4.09. The molecule has 0 fully saturated rings. The van der Waals surface area contributed by atoms with Crippen LogP contribution in [0.25, 0.3) is 11.8 Å². The molecule has 0 N–H and O–H groups in total. The van der Waals surface area contributed by atoms with Crippen LogP contribution in [-0.4, -0.2) is 32.8 Å². The molecule has 0 spiro atoms. The lowest BCUT2D eigenvalue weighted by Crippen LogP contribution is -2.05. The fourth-order valence-electron chi connectivity index (χ4n) is 1.60. The van der Waals surface area contributed by atoms with Gasteiger partial charge in [-0.25, -0.2) is 4.79 Å². The topological polar surface area (TPSA) is 69.9 Å². The van der Waals surface area contributed by atoms with E-state index >= 15 is 0 Å². The number of aromatic nitrogens is 4. The Hall–Kier alpha value is -2.76. The molecule has 0 aliphatic carbocycles. The molecule has 0 amide bonds. The van der Waals surface area contributed by atoms with Crippen molar-refractivity contribution in [2.75, 3.05) is 6.61 Å². The van der Waals surface area contributed by atoms with Crippen molar-refractivity contribution in [3.8, 4) is 5.69 Å². The lowest BCUT2D eigenvalue weighted by molar-refractivity contribution is 0.0526. The van der Waals surface area contributed by atoms with E-state index in [1.54, 1.807) is 37.3 Å². The molecule has 6 nitrogen and oxygen atoms in total. The molecule has 0 bridgehead atoms. The van der Waals surface area contributed by atoms with E-state index in [9.17, 15) is 4.79 Å². The van der Waals surface area contributed by atoms with E-state index in [1.165, 1.54) is 4.80 Å². The number of carbonyl (C=O) groups is 1. The van der Waals surface area contributed by atoms with Crippen molar-refractivity contribution in [3.05, 3.63) is 53.9 Å². The van der Waals surface area contributed by atoms with Crippen LogP contribution in [0.4, 0.5) is 0 Å². The summed E-state index contributed by atoms with van der Waals surface area (Å²) in [6, 6.07) is 6.83. The fraction of sp³-hybridized carbons (Fsp3) is 0.200. The number of carbonyl (C=O) groups excluding carboxylic acids is 1. The number of rotatable bonds is 5. The summed E-state index contributed by atoms with van der Waals surface area (Å²) in [4.78, 5) is 13.0. The van der Waals surface area contributed by atoms with E-state index in [4.69, 9.17) is 4.74 Å². The van der Waals surface area contributed by atoms with Gasteiger partial charge in [-0.1, -0.05) is 18.2 Å².